The fraction of sp³-hybridized carbons (Fsp3) is 0.375. The number of benzene rings is 2. The molecule has 1 saturated carbocycles. The first-order valence-electron chi connectivity index (χ1n) is 9.95. The van der Waals surface area contributed by atoms with E-state index in [4.69, 9.17) is 14.3 Å². The molecule has 0 heterocycles. The van der Waals surface area contributed by atoms with Crippen LogP contribution in [-0.4, -0.2) is 18.3 Å². The Balaban J connectivity index is 1.67. The number of ether oxygens (including phenoxy) is 2. The number of carbonyl (C=O) groups is 1. The molecule has 2 aromatic rings. The Morgan fingerprint density at radius 2 is 1.83 bits per heavy atom. The zero-order valence-corrected chi connectivity index (χ0v) is 17.6. The van der Waals surface area contributed by atoms with Crippen LogP contribution in [0.3, 0.4) is 0 Å². The van der Waals surface area contributed by atoms with E-state index in [-0.39, 0.29) is 23.4 Å². The second kappa shape index (κ2) is 9.00. The van der Waals surface area contributed by atoms with Gasteiger partial charge in [-0.05, 0) is 43.5 Å². The molecule has 0 aromatic heterocycles. The molecular weight excluding hydrogens is 380 g/mol. The highest BCUT2D eigenvalue weighted by Gasteiger charge is 2.62. The molecule has 0 radical (unpaired) electrons. The van der Waals surface area contributed by atoms with Gasteiger partial charge in [0.2, 0.25) is 6.10 Å². The molecule has 1 fully saturated rings. The molecule has 6 nitrogen and oxygen atoms in total. The number of oxime groups is 1. The van der Waals surface area contributed by atoms with Crippen LogP contribution in [0.2, 0.25) is 0 Å². The zero-order valence-electron chi connectivity index (χ0n) is 17.6. The van der Waals surface area contributed by atoms with Gasteiger partial charge in [0, 0.05) is 17.7 Å². The molecular formula is C24H26N2O4. The number of carbonyl (C=O) groups excluding carboxylic acids is 1. The molecule has 0 spiro atoms. The summed E-state index contributed by atoms with van der Waals surface area (Å²) in [6.45, 7) is 7.71. The number of nitriles is 1. The quantitative estimate of drug-likeness (QED) is 0.339. The molecule has 3 rings (SSSR count). The Bertz CT molecular complexity index is 947. The summed E-state index contributed by atoms with van der Waals surface area (Å²) in [5.74, 6) is 0.387. The SMILES string of the molecule is CC(C)ON=C[C@@H]1[C@@H](C(=O)OC(C#N)c2cccc(Oc3ccccc3)c2)C1(C)C. The summed E-state index contributed by atoms with van der Waals surface area (Å²) in [6.07, 6.45) is 0.612. The third-order valence-electron chi connectivity index (χ3n) is 5.15. The molecule has 156 valence electrons. The summed E-state index contributed by atoms with van der Waals surface area (Å²) in [7, 11) is 0. The Hall–Kier alpha value is -3.33. The van der Waals surface area contributed by atoms with Gasteiger partial charge in [0.05, 0.1) is 5.92 Å². The predicted octanol–water partition coefficient (Wildman–Crippen LogP) is 5.27. The maximum Gasteiger partial charge on any atom is 0.311 e. The van der Waals surface area contributed by atoms with Crippen molar-refractivity contribution in [3.05, 3.63) is 60.2 Å². The number of esters is 1. The molecule has 0 saturated heterocycles. The van der Waals surface area contributed by atoms with Gasteiger partial charge < -0.3 is 14.3 Å². The summed E-state index contributed by atoms with van der Waals surface area (Å²) < 4.78 is 11.4. The van der Waals surface area contributed by atoms with Gasteiger partial charge in [0.1, 0.15) is 23.7 Å². The summed E-state index contributed by atoms with van der Waals surface area (Å²) in [5.41, 5.74) is 0.269. The molecule has 2 aromatic carbocycles. The Labute approximate surface area is 177 Å². The first-order valence-corrected chi connectivity index (χ1v) is 9.95. The highest BCUT2D eigenvalue weighted by Crippen LogP contribution is 2.58. The molecule has 0 aliphatic heterocycles. The van der Waals surface area contributed by atoms with Crippen LogP contribution in [0.15, 0.2) is 59.8 Å². The van der Waals surface area contributed by atoms with E-state index in [0.717, 1.165) is 0 Å². The lowest BCUT2D eigenvalue weighted by Crippen LogP contribution is -2.14. The molecule has 1 unspecified atom stereocenters. The van der Waals surface area contributed by atoms with E-state index in [9.17, 15) is 10.1 Å². The summed E-state index contributed by atoms with van der Waals surface area (Å²) in [4.78, 5) is 17.9. The van der Waals surface area contributed by atoms with Crippen LogP contribution in [-0.2, 0) is 14.4 Å². The van der Waals surface area contributed by atoms with E-state index in [2.05, 4.69) is 11.2 Å². The number of para-hydroxylation sites is 1. The summed E-state index contributed by atoms with van der Waals surface area (Å²) >= 11 is 0. The maximum atomic E-state index is 12.7. The monoisotopic (exact) mass is 406 g/mol. The average molecular weight is 406 g/mol. The highest BCUT2D eigenvalue weighted by atomic mass is 16.6. The maximum absolute atomic E-state index is 12.7. The third kappa shape index (κ3) is 4.98. The minimum absolute atomic E-state index is 0.0261. The molecule has 0 amide bonds. The number of hydrogen-bond acceptors (Lipinski definition) is 6. The largest absolute Gasteiger partial charge is 0.457 e. The lowest BCUT2D eigenvalue weighted by molar-refractivity contribution is -0.149. The first-order chi connectivity index (χ1) is 14.3. The van der Waals surface area contributed by atoms with E-state index in [1.807, 2.05) is 58.0 Å². The van der Waals surface area contributed by atoms with Gasteiger partial charge in [0.25, 0.3) is 0 Å². The molecule has 0 N–H and O–H groups in total. The lowest BCUT2D eigenvalue weighted by atomic mass is 10.1. The second-order valence-corrected chi connectivity index (χ2v) is 8.17. The van der Waals surface area contributed by atoms with Gasteiger partial charge in [-0.3, -0.25) is 4.79 Å². The van der Waals surface area contributed by atoms with Gasteiger partial charge in [-0.15, -0.1) is 0 Å². The molecule has 1 aliphatic rings. The Kier molecular flexibility index (Phi) is 6.41. The van der Waals surface area contributed by atoms with Crippen LogP contribution < -0.4 is 4.74 Å². The van der Waals surface area contributed by atoms with E-state index in [1.54, 1.807) is 30.5 Å². The van der Waals surface area contributed by atoms with Crippen LogP contribution in [0.25, 0.3) is 0 Å². The van der Waals surface area contributed by atoms with E-state index < -0.39 is 12.1 Å². The van der Waals surface area contributed by atoms with Gasteiger partial charge in [-0.25, -0.2) is 0 Å². The van der Waals surface area contributed by atoms with Crippen molar-refractivity contribution in [2.24, 2.45) is 22.4 Å². The minimum Gasteiger partial charge on any atom is -0.457 e. The summed E-state index contributed by atoms with van der Waals surface area (Å²) in [5, 5.41) is 13.6. The van der Waals surface area contributed by atoms with Crippen LogP contribution in [0.4, 0.5) is 0 Å². The van der Waals surface area contributed by atoms with Crippen molar-refractivity contribution in [2.75, 3.05) is 0 Å². The fourth-order valence-electron chi connectivity index (χ4n) is 3.35. The van der Waals surface area contributed by atoms with Crippen molar-refractivity contribution < 1.29 is 19.1 Å². The van der Waals surface area contributed by atoms with E-state index >= 15 is 0 Å². The van der Waals surface area contributed by atoms with Crippen LogP contribution in [0.5, 0.6) is 11.5 Å². The van der Waals surface area contributed by atoms with Crippen LogP contribution in [0, 0.1) is 28.6 Å². The number of hydrogen-bond donors (Lipinski definition) is 0. The van der Waals surface area contributed by atoms with Crippen LogP contribution >= 0.6 is 0 Å². The van der Waals surface area contributed by atoms with E-state index in [1.165, 1.54) is 0 Å². The Morgan fingerprint density at radius 1 is 1.13 bits per heavy atom. The van der Waals surface area contributed by atoms with Gasteiger partial charge in [-0.1, -0.05) is 49.3 Å². The Morgan fingerprint density at radius 3 is 2.50 bits per heavy atom. The minimum atomic E-state index is -1.02. The summed E-state index contributed by atoms with van der Waals surface area (Å²) in [6, 6.07) is 18.4. The van der Waals surface area contributed by atoms with Crippen molar-refractivity contribution in [3.63, 3.8) is 0 Å². The molecule has 30 heavy (non-hydrogen) atoms. The molecule has 6 heteroatoms. The van der Waals surface area contributed by atoms with E-state index in [0.29, 0.717) is 17.1 Å². The molecule has 1 aliphatic carbocycles. The van der Waals surface area contributed by atoms with Crippen molar-refractivity contribution >= 4 is 12.2 Å². The smallest absolute Gasteiger partial charge is 0.311 e. The third-order valence-corrected chi connectivity index (χ3v) is 5.15. The first kappa shape index (κ1) is 21.4. The van der Waals surface area contributed by atoms with Gasteiger partial charge in [0.15, 0.2) is 0 Å². The van der Waals surface area contributed by atoms with Gasteiger partial charge in [-0.2, -0.15) is 5.26 Å². The topological polar surface area (TPSA) is 80.9 Å². The number of nitrogens with zero attached hydrogens (tertiary/aromatic N) is 2. The zero-order chi connectivity index (χ0) is 21.7. The van der Waals surface area contributed by atoms with Crippen molar-refractivity contribution in [2.45, 2.75) is 39.9 Å². The predicted molar refractivity (Wildman–Crippen MR) is 113 cm³/mol. The fourth-order valence-corrected chi connectivity index (χ4v) is 3.35. The molecule has 0 bridgehead atoms. The van der Waals surface area contributed by atoms with Crippen LogP contribution in [0.1, 0.15) is 39.4 Å². The lowest BCUT2D eigenvalue weighted by Gasteiger charge is -2.13. The number of rotatable bonds is 8. The average Bonchev–Trinajstić information content (AvgIpc) is 3.27. The standard InChI is InChI=1S/C24H26N2O4/c1-16(2)30-26-15-20-22(24(20,3)4)23(27)29-21(14-25)17-9-8-12-19(13-17)28-18-10-6-5-7-11-18/h5-13,15-16,20-22H,1-4H3/t20-,21?,22+/m1/s1. The van der Waals surface area contributed by atoms with Crippen molar-refractivity contribution in [1.29, 1.82) is 5.26 Å². The van der Waals surface area contributed by atoms with Gasteiger partial charge >= 0.3 is 5.97 Å². The second-order valence-electron chi connectivity index (χ2n) is 8.17. The molecule has 3 atom stereocenters. The van der Waals surface area contributed by atoms with Crippen molar-refractivity contribution in [1.82, 2.24) is 0 Å². The normalized spacial score (nSPS) is 20.4. The highest BCUT2D eigenvalue weighted by molar-refractivity contribution is 5.85. The van der Waals surface area contributed by atoms with Crippen molar-refractivity contribution in [3.8, 4) is 17.6 Å².